The molecule has 1 atom stereocenters. The molecule has 8 nitrogen and oxygen atoms in total. The van der Waals surface area contributed by atoms with Crippen LogP contribution in [0.25, 0.3) is 10.9 Å². The Kier molecular flexibility index (Phi) is 5.43. The highest BCUT2D eigenvalue weighted by Gasteiger charge is 2.32. The van der Waals surface area contributed by atoms with Gasteiger partial charge < -0.3 is 24.4 Å². The molecule has 3 aromatic rings. The first-order valence-corrected chi connectivity index (χ1v) is 11.0. The first-order chi connectivity index (χ1) is 15.6. The summed E-state index contributed by atoms with van der Waals surface area (Å²) in [5.41, 5.74) is 2.69. The van der Waals surface area contributed by atoms with Gasteiger partial charge in [-0.05, 0) is 62.6 Å². The Hall–Kier alpha value is -3.55. The van der Waals surface area contributed by atoms with Crippen molar-refractivity contribution in [2.75, 3.05) is 24.8 Å². The van der Waals surface area contributed by atoms with Gasteiger partial charge in [0.2, 0.25) is 18.6 Å². The van der Waals surface area contributed by atoms with Crippen LogP contribution in [0.15, 0.2) is 36.4 Å². The zero-order valence-corrected chi connectivity index (χ0v) is 18.3. The monoisotopic (exact) mass is 434 g/mol. The Bertz CT molecular complexity index is 1170. The van der Waals surface area contributed by atoms with Gasteiger partial charge in [0.25, 0.3) is 0 Å². The number of hydrogen-bond acceptors (Lipinski definition) is 7. The van der Waals surface area contributed by atoms with E-state index in [0.29, 0.717) is 24.8 Å². The molecule has 5 rings (SSSR count). The van der Waals surface area contributed by atoms with Crippen molar-refractivity contribution < 1.29 is 19.0 Å². The summed E-state index contributed by atoms with van der Waals surface area (Å²) < 4.78 is 16.4. The maximum Gasteiger partial charge on any atom is 0.243 e. The lowest BCUT2D eigenvalue weighted by Gasteiger charge is -2.24. The largest absolute Gasteiger partial charge is 0.494 e. The molecule has 1 aromatic heterocycles. The summed E-state index contributed by atoms with van der Waals surface area (Å²) in [5, 5.41) is 4.02. The van der Waals surface area contributed by atoms with E-state index in [0.717, 1.165) is 53.0 Å². The third-order valence-electron chi connectivity index (χ3n) is 5.87. The maximum atomic E-state index is 13.0. The fourth-order valence-corrected chi connectivity index (χ4v) is 4.27. The molecule has 8 heteroatoms. The SMILES string of the molecule is CCOc1ccc2nc(N3CCC[C@H]3C(=O)NCc3ccc4c(c3)OCO4)nc(C)c2c1. The van der Waals surface area contributed by atoms with Gasteiger partial charge in [0.15, 0.2) is 11.5 Å². The molecular weight excluding hydrogens is 408 g/mol. The van der Waals surface area contributed by atoms with Crippen LogP contribution in [-0.4, -0.2) is 41.9 Å². The summed E-state index contributed by atoms with van der Waals surface area (Å²) in [6.45, 7) is 5.96. The fourth-order valence-electron chi connectivity index (χ4n) is 4.27. The van der Waals surface area contributed by atoms with E-state index in [1.807, 2.05) is 55.1 Å². The molecule has 32 heavy (non-hydrogen) atoms. The van der Waals surface area contributed by atoms with Crippen LogP contribution in [0.2, 0.25) is 0 Å². The van der Waals surface area contributed by atoms with Gasteiger partial charge in [-0.2, -0.15) is 0 Å². The van der Waals surface area contributed by atoms with E-state index >= 15 is 0 Å². The first kappa shape index (κ1) is 20.4. The fraction of sp³-hybridized carbons (Fsp3) is 0.375. The molecule has 2 aromatic carbocycles. The van der Waals surface area contributed by atoms with Crippen molar-refractivity contribution in [1.29, 1.82) is 0 Å². The number of nitrogens with one attached hydrogen (secondary N) is 1. The normalized spacial score (nSPS) is 17.1. The number of benzene rings is 2. The number of carbonyl (C=O) groups excluding carboxylic acids is 1. The predicted octanol–water partition coefficient (Wildman–Crippen LogP) is 3.35. The van der Waals surface area contributed by atoms with Crippen LogP contribution in [0.4, 0.5) is 5.95 Å². The summed E-state index contributed by atoms with van der Waals surface area (Å²) in [6, 6.07) is 11.3. The average molecular weight is 434 g/mol. The van der Waals surface area contributed by atoms with E-state index in [1.165, 1.54) is 0 Å². The summed E-state index contributed by atoms with van der Waals surface area (Å²) in [4.78, 5) is 24.5. The smallest absolute Gasteiger partial charge is 0.243 e. The summed E-state index contributed by atoms with van der Waals surface area (Å²) in [6.07, 6.45) is 1.70. The maximum absolute atomic E-state index is 13.0. The molecule has 1 amide bonds. The van der Waals surface area contributed by atoms with Crippen molar-refractivity contribution in [2.24, 2.45) is 0 Å². The van der Waals surface area contributed by atoms with Crippen molar-refractivity contribution in [3.8, 4) is 17.2 Å². The second-order valence-electron chi connectivity index (χ2n) is 7.98. The van der Waals surface area contributed by atoms with Crippen LogP contribution >= 0.6 is 0 Å². The zero-order chi connectivity index (χ0) is 22.1. The van der Waals surface area contributed by atoms with Gasteiger partial charge in [0.05, 0.1) is 17.8 Å². The summed E-state index contributed by atoms with van der Waals surface area (Å²) in [5.74, 6) is 2.83. The molecule has 3 heterocycles. The third-order valence-corrected chi connectivity index (χ3v) is 5.87. The number of aromatic nitrogens is 2. The Morgan fingerprint density at radius 1 is 1.19 bits per heavy atom. The van der Waals surface area contributed by atoms with Gasteiger partial charge in [0.1, 0.15) is 11.8 Å². The van der Waals surface area contributed by atoms with Gasteiger partial charge in [-0.25, -0.2) is 9.97 Å². The van der Waals surface area contributed by atoms with E-state index in [9.17, 15) is 4.79 Å². The molecule has 0 aliphatic carbocycles. The standard InChI is InChI=1S/C24H26N4O4/c1-3-30-17-7-8-19-18(12-17)15(2)26-24(27-19)28-10-4-5-20(28)23(29)25-13-16-6-9-21-22(11-16)32-14-31-21/h6-9,11-12,20H,3-5,10,13-14H2,1-2H3,(H,25,29)/t20-/m0/s1. The van der Waals surface area contributed by atoms with Crippen LogP contribution in [0.3, 0.4) is 0 Å². The highest BCUT2D eigenvalue weighted by atomic mass is 16.7. The van der Waals surface area contributed by atoms with Gasteiger partial charge in [-0.15, -0.1) is 0 Å². The van der Waals surface area contributed by atoms with Gasteiger partial charge in [-0.1, -0.05) is 6.07 Å². The lowest BCUT2D eigenvalue weighted by molar-refractivity contribution is -0.122. The highest BCUT2D eigenvalue weighted by Crippen LogP contribution is 2.32. The third kappa shape index (κ3) is 3.88. The number of rotatable bonds is 6. The molecule has 2 aliphatic heterocycles. The van der Waals surface area contributed by atoms with Crippen molar-refractivity contribution in [1.82, 2.24) is 15.3 Å². The van der Waals surface area contributed by atoms with E-state index in [-0.39, 0.29) is 18.7 Å². The van der Waals surface area contributed by atoms with Gasteiger partial charge in [-0.3, -0.25) is 4.79 Å². The van der Waals surface area contributed by atoms with Gasteiger partial charge >= 0.3 is 0 Å². The molecule has 0 unspecified atom stereocenters. The number of carbonyl (C=O) groups is 1. The molecule has 0 spiro atoms. The molecule has 0 saturated carbocycles. The van der Waals surface area contributed by atoms with Crippen LogP contribution < -0.4 is 24.4 Å². The Labute approximate surface area is 186 Å². The van der Waals surface area contributed by atoms with E-state index in [4.69, 9.17) is 24.2 Å². The molecule has 0 bridgehead atoms. The van der Waals surface area contributed by atoms with Crippen LogP contribution in [-0.2, 0) is 11.3 Å². The summed E-state index contributed by atoms with van der Waals surface area (Å²) >= 11 is 0. The molecule has 2 aliphatic rings. The molecule has 0 radical (unpaired) electrons. The van der Waals surface area contributed by atoms with E-state index < -0.39 is 0 Å². The Balaban J connectivity index is 1.32. The molecule has 1 N–H and O–H groups in total. The minimum atomic E-state index is -0.288. The van der Waals surface area contributed by atoms with Crippen LogP contribution in [0.5, 0.6) is 17.2 Å². The number of anilines is 1. The van der Waals surface area contributed by atoms with Crippen molar-refractivity contribution in [3.05, 3.63) is 47.7 Å². The first-order valence-electron chi connectivity index (χ1n) is 11.0. The van der Waals surface area contributed by atoms with Crippen molar-refractivity contribution in [2.45, 2.75) is 39.3 Å². The highest BCUT2D eigenvalue weighted by molar-refractivity contribution is 5.87. The van der Waals surface area contributed by atoms with Crippen molar-refractivity contribution in [3.63, 3.8) is 0 Å². The number of amides is 1. The molecule has 166 valence electrons. The van der Waals surface area contributed by atoms with Crippen molar-refractivity contribution >= 4 is 22.8 Å². The average Bonchev–Trinajstić information content (AvgIpc) is 3.47. The molecule has 1 fully saturated rings. The molecule has 1 saturated heterocycles. The number of hydrogen-bond donors (Lipinski definition) is 1. The Morgan fingerprint density at radius 2 is 2.06 bits per heavy atom. The summed E-state index contributed by atoms with van der Waals surface area (Å²) in [7, 11) is 0. The second kappa shape index (κ2) is 8.53. The number of ether oxygens (including phenoxy) is 3. The lowest BCUT2D eigenvalue weighted by atomic mass is 10.1. The zero-order valence-electron chi connectivity index (χ0n) is 18.3. The van der Waals surface area contributed by atoms with Crippen LogP contribution in [0, 0.1) is 6.92 Å². The minimum Gasteiger partial charge on any atom is -0.494 e. The topological polar surface area (TPSA) is 85.8 Å². The minimum absolute atomic E-state index is 0.0202. The number of fused-ring (bicyclic) bond motifs is 2. The number of nitrogens with zero attached hydrogens (tertiary/aromatic N) is 3. The lowest BCUT2D eigenvalue weighted by Crippen LogP contribution is -2.43. The second-order valence-corrected chi connectivity index (χ2v) is 7.98. The molecular formula is C24H26N4O4. The quantitative estimate of drug-likeness (QED) is 0.637. The number of aryl methyl sites for hydroxylation is 1. The van der Waals surface area contributed by atoms with E-state index in [1.54, 1.807) is 0 Å². The van der Waals surface area contributed by atoms with E-state index in [2.05, 4.69) is 5.32 Å². The van der Waals surface area contributed by atoms with Gasteiger partial charge in [0, 0.05) is 18.5 Å². The Morgan fingerprint density at radius 3 is 2.94 bits per heavy atom. The van der Waals surface area contributed by atoms with Crippen LogP contribution in [0.1, 0.15) is 31.0 Å². The predicted molar refractivity (Wildman–Crippen MR) is 120 cm³/mol.